The number of nitrogens with one attached hydrogen (secondary N) is 1. The summed E-state index contributed by atoms with van der Waals surface area (Å²) in [6, 6.07) is 12.6. The van der Waals surface area contributed by atoms with E-state index in [1.165, 1.54) is 0 Å². The molecule has 2 rings (SSSR count). The van der Waals surface area contributed by atoms with E-state index < -0.39 is 6.04 Å². The van der Waals surface area contributed by atoms with Crippen LogP contribution in [0.4, 0.5) is 0 Å². The Morgan fingerprint density at radius 1 is 1.03 bits per heavy atom. The highest BCUT2D eigenvalue weighted by Gasteiger charge is 2.29. The van der Waals surface area contributed by atoms with Crippen molar-refractivity contribution in [2.45, 2.75) is 65.6 Å². The molecule has 2 amide bonds. The van der Waals surface area contributed by atoms with E-state index in [2.05, 4.69) is 5.32 Å². The van der Waals surface area contributed by atoms with E-state index in [0.29, 0.717) is 16.5 Å². The summed E-state index contributed by atoms with van der Waals surface area (Å²) in [5.41, 5.74) is 2.84. The predicted molar refractivity (Wildman–Crippen MR) is 124 cm³/mol. The van der Waals surface area contributed by atoms with Gasteiger partial charge in [0, 0.05) is 12.6 Å². The molecule has 2 aromatic rings. The van der Waals surface area contributed by atoms with Crippen LogP contribution in [0.5, 0.6) is 0 Å². The number of hydrogen-bond acceptors (Lipinski definition) is 2. The van der Waals surface area contributed by atoms with Crippen LogP contribution in [0.15, 0.2) is 42.5 Å². The lowest BCUT2D eigenvalue weighted by molar-refractivity contribution is -0.141. The summed E-state index contributed by atoms with van der Waals surface area (Å²) in [7, 11) is 0. The van der Waals surface area contributed by atoms with Gasteiger partial charge in [0.25, 0.3) is 0 Å². The Morgan fingerprint density at radius 3 is 2.33 bits per heavy atom. The highest BCUT2D eigenvalue weighted by atomic mass is 35.5. The maximum atomic E-state index is 13.4. The molecule has 162 valence electrons. The van der Waals surface area contributed by atoms with Crippen LogP contribution in [0.2, 0.25) is 10.0 Å². The summed E-state index contributed by atoms with van der Waals surface area (Å²) in [4.78, 5) is 28.0. The number of benzene rings is 2. The van der Waals surface area contributed by atoms with Gasteiger partial charge in [-0.15, -0.1) is 0 Å². The Bertz CT molecular complexity index is 885. The van der Waals surface area contributed by atoms with Gasteiger partial charge < -0.3 is 10.2 Å². The van der Waals surface area contributed by atoms with Gasteiger partial charge in [-0.25, -0.2) is 0 Å². The van der Waals surface area contributed by atoms with Crippen molar-refractivity contribution in [1.29, 1.82) is 0 Å². The minimum atomic E-state index is -0.565. The lowest BCUT2D eigenvalue weighted by atomic mass is 10.0. The fourth-order valence-corrected chi connectivity index (χ4v) is 3.59. The highest BCUT2D eigenvalue weighted by Crippen LogP contribution is 2.24. The van der Waals surface area contributed by atoms with E-state index in [4.69, 9.17) is 23.2 Å². The van der Waals surface area contributed by atoms with Crippen LogP contribution in [-0.4, -0.2) is 28.8 Å². The normalized spacial score (nSPS) is 12.9. The largest absolute Gasteiger partial charge is 0.352 e. The zero-order chi connectivity index (χ0) is 22.3. The Hall–Kier alpha value is -2.04. The Kier molecular flexibility index (Phi) is 9.19. The van der Waals surface area contributed by atoms with Crippen molar-refractivity contribution in [3.05, 3.63) is 69.2 Å². The number of amides is 2. The van der Waals surface area contributed by atoms with Crippen LogP contribution < -0.4 is 5.32 Å². The van der Waals surface area contributed by atoms with Crippen LogP contribution in [0.25, 0.3) is 0 Å². The number of aryl methyl sites for hydroxylation is 1. The molecule has 0 aliphatic heterocycles. The predicted octanol–water partition coefficient (Wildman–Crippen LogP) is 5.57. The molecule has 0 aliphatic carbocycles. The average Bonchev–Trinajstić information content (AvgIpc) is 2.72. The van der Waals surface area contributed by atoms with Gasteiger partial charge in [0.1, 0.15) is 6.04 Å². The molecule has 0 unspecified atom stereocenters. The van der Waals surface area contributed by atoms with Crippen molar-refractivity contribution >= 4 is 35.0 Å². The topological polar surface area (TPSA) is 49.4 Å². The van der Waals surface area contributed by atoms with Gasteiger partial charge in [-0.3, -0.25) is 9.59 Å². The molecule has 0 bridgehead atoms. The van der Waals surface area contributed by atoms with Gasteiger partial charge >= 0.3 is 0 Å². The van der Waals surface area contributed by atoms with Gasteiger partial charge in [0.05, 0.1) is 16.5 Å². The summed E-state index contributed by atoms with van der Waals surface area (Å²) < 4.78 is 0. The van der Waals surface area contributed by atoms with Crippen LogP contribution >= 0.6 is 23.2 Å². The first kappa shape index (κ1) is 24.2. The number of carbonyl (C=O) groups is 2. The third-order valence-corrected chi connectivity index (χ3v) is 6.07. The molecule has 0 spiro atoms. The smallest absolute Gasteiger partial charge is 0.243 e. The standard InChI is InChI=1S/C24H30Cl2N2O2/c1-5-17(4)27-24(30)22(6-2)28(15-18-11-12-20(25)21(26)13-18)23(29)14-19-10-8-7-9-16(19)3/h7-13,17,22H,5-6,14-15H2,1-4H3,(H,27,30)/t17-,22-/m1/s1. The second kappa shape index (κ2) is 11.4. The molecular weight excluding hydrogens is 419 g/mol. The maximum absolute atomic E-state index is 13.4. The number of hydrogen-bond donors (Lipinski definition) is 1. The zero-order valence-corrected chi connectivity index (χ0v) is 19.6. The third-order valence-electron chi connectivity index (χ3n) is 5.33. The third kappa shape index (κ3) is 6.48. The van der Waals surface area contributed by atoms with Crippen LogP contribution in [0.1, 0.15) is 50.3 Å². The van der Waals surface area contributed by atoms with Gasteiger partial charge in [0.2, 0.25) is 11.8 Å². The summed E-state index contributed by atoms with van der Waals surface area (Å²) in [5.74, 6) is -0.230. The first-order valence-corrected chi connectivity index (χ1v) is 11.1. The van der Waals surface area contributed by atoms with Crippen molar-refractivity contribution in [3.63, 3.8) is 0 Å². The Balaban J connectivity index is 2.34. The van der Waals surface area contributed by atoms with E-state index in [1.54, 1.807) is 17.0 Å². The fraction of sp³-hybridized carbons (Fsp3) is 0.417. The van der Waals surface area contributed by atoms with Crippen LogP contribution in [0.3, 0.4) is 0 Å². The van der Waals surface area contributed by atoms with Crippen molar-refractivity contribution in [1.82, 2.24) is 10.2 Å². The van der Waals surface area contributed by atoms with Gasteiger partial charge in [-0.2, -0.15) is 0 Å². The number of nitrogens with zero attached hydrogens (tertiary/aromatic N) is 1. The first-order valence-electron chi connectivity index (χ1n) is 10.3. The van der Waals surface area contributed by atoms with Gasteiger partial charge in [-0.1, -0.05) is 67.4 Å². The summed E-state index contributed by atoms with van der Waals surface area (Å²) in [6.07, 6.45) is 1.58. The molecule has 0 heterocycles. The Morgan fingerprint density at radius 2 is 1.73 bits per heavy atom. The molecular formula is C24H30Cl2N2O2. The van der Waals surface area contributed by atoms with E-state index in [9.17, 15) is 9.59 Å². The number of carbonyl (C=O) groups excluding carboxylic acids is 2. The molecule has 30 heavy (non-hydrogen) atoms. The van der Waals surface area contributed by atoms with Crippen molar-refractivity contribution < 1.29 is 9.59 Å². The summed E-state index contributed by atoms with van der Waals surface area (Å²) in [6.45, 7) is 8.17. The van der Waals surface area contributed by atoms with E-state index in [0.717, 1.165) is 23.1 Å². The molecule has 2 atom stereocenters. The number of halogens is 2. The highest BCUT2D eigenvalue weighted by molar-refractivity contribution is 6.42. The molecule has 4 nitrogen and oxygen atoms in total. The second-order valence-corrected chi connectivity index (χ2v) is 8.43. The van der Waals surface area contributed by atoms with Crippen LogP contribution in [-0.2, 0) is 22.6 Å². The second-order valence-electron chi connectivity index (χ2n) is 7.62. The molecule has 0 aromatic heterocycles. The van der Waals surface area contributed by atoms with Crippen molar-refractivity contribution in [2.75, 3.05) is 0 Å². The molecule has 6 heteroatoms. The molecule has 0 saturated carbocycles. The molecule has 2 aromatic carbocycles. The van der Waals surface area contributed by atoms with E-state index in [-0.39, 0.29) is 30.8 Å². The summed E-state index contributed by atoms with van der Waals surface area (Å²) in [5, 5.41) is 3.90. The minimum Gasteiger partial charge on any atom is -0.352 e. The maximum Gasteiger partial charge on any atom is 0.243 e. The zero-order valence-electron chi connectivity index (χ0n) is 18.0. The van der Waals surface area contributed by atoms with Gasteiger partial charge in [-0.05, 0) is 55.5 Å². The number of rotatable bonds is 9. The fourth-order valence-electron chi connectivity index (χ4n) is 3.27. The SMILES string of the molecule is CC[C@@H](C)NC(=O)[C@@H](CC)N(Cc1ccc(Cl)c(Cl)c1)C(=O)Cc1ccccc1C. The molecule has 0 fully saturated rings. The minimum absolute atomic E-state index is 0.0462. The average molecular weight is 449 g/mol. The monoisotopic (exact) mass is 448 g/mol. The van der Waals surface area contributed by atoms with Crippen molar-refractivity contribution in [3.8, 4) is 0 Å². The first-order chi connectivity index (χ1) is 14.3. The van der Waals surface area contributed by atoms with E-state index in [1.807, 2.05) is 58.0 Å². The lowest BCUT2D eigenvalue weighted by Gasteiger charge is -2.32. The van der Waals surface area contributed by atoms with Gasteiger partial charge in [0.15, 0.2) is 0 Å². The molecule has 1 N–H and O–H groups in total. The van der Waals surface area contributed by atoms with E-state index >= 15 is 0 Å². The van der Waals surface area contributed by atoms with Crippen LogP contribution in [0, 0.1) is 6.92 Å². The Labute approximate surface area is 189 Å². The molecule has 0 saturated heterocycles. The van der Waals surface area contributed by atoms with Crippen molar-refractivity contribution in [2.24, 2.45) is 0 Å². The quantitative estimate of drug-likeness (QED) is 0.545. The lowest BCUT2D eigenvalue weighted by Crippen LogP contribution is -2.51. The summed E-state index contributed by atoms with van der Waals surface area (Å²) >= 11 is 12.2. The molecule has 0 radical (unpaired) electrons. The molecule has 0 aliphatic rings.